The highest BCUT2D eigenvalue weighted by Crippen LogP contribution is 2.11. The minimum atomic E-state index is -0.340. The molecule has 0 N–H and O–H groups in total. The number of esters is 1. The first-order valence-corrected chi connectivity index (χ1v) is 6.76. The fraction of sp³-hybridized carbons (Fsp3) is 0.312. The van der Waals surface area contributed by atoms with Gasteiger partial charge < -0.3 is 14.0 Å². The molecule has 0 spiro atoms. The average Bonchev–Trinajstić information content (AvgIpc) is 2.80. The molecule has 21 heavy (non-hydrogen) atoms. The molecule has 0 unspecified atom stereocenters. The van der Waals surface area contributed by atoms with Gasteiger partial charge >= 0.3 is 5.97 Å². The minimum Gasteiger partial charge on any atom is -0.493 e. The quantitative estimate of drug-likeness (QED) is 0.606. The number of halogens is 1. The molecule has 1 heterocycles. The van der Waals surface area contributed by atoms with E-state index in [1.807, 2.05) is 20.0 Å². The second kappa shape index (κ2) is 6.92. The smallest absolute Gasteiger partial charge is 0.354 e. The van der Waals surface area contributed by atoms with E-state index in [0.717, 1.165) is 5.69 Å². The first-order chi connectivity index (χ1) is 10.1. The van der Waals surface area contributed by atoms with Crippen LogP contribution in [0.3, 0.4) is 0 Å². The van der Waals surface area contributed by atoms with Crippen molar-refractivity contribution in [2.75, 3.05) is 13.2 Å². The van der Waals surface area contributed by atoms with E-state index in [1.54, 1.807) is 22.8 Å². The van der Waals surface area contributed by atoms with Crippen molar-refractivity contribution < 1.29 is 18.7 Å². The van der Waals surface area contributed by atoms with Crippen molar-refractivity contribution in [1.82, 2.24) is 4.57 Å². The van der Waals surface area contributed by atoms with Gasteiger partial charge in [-0.05, 0) is 43.3 Å². The molecule has 0 aliphatic rings. The van der Waals surface area contributed by atoms with Gasteiger partial charge in [-0.3, -0.25) is 0 Å². The molecular formula is C16H18FNO3. The van der Waals surface area contributed by atoms with E-state index in [9.17, 15) is 9.18 Å². The van der Waals surface area contributed by atoms with Crippen LogP contribution >= 0.6 is 0 Å². The SMILES string of the molecule is Cc1ccc(C(=O)OCCCOc2ccc(F)cc2)n1C. The van der Waals surface area contributed by atoms with Gasteiger partial charge in [-0.25, -0.2) is 9.18 Å². The van der Waals surface area contributed by atoms with Gasteiger partial charge in [-0.1, -0.05) is 0 Å². The van der Waals surface area contributed by atoms with Gasteiger partial charge in [0, 0.05) is 19.2 Å². The zero-order chi connectivity index (χ0) is 15.2. The molecule has 0 radical (unpaired) electrons. The van der Waals surface area contributed by atoms with E-state index in [1.165, 1.54) is 12.1 Å². The number of ether oxygens (including phenoxy) is 2. The molecule has 112 valence electrons. The lowest BCUT2D eigenvalue weighted by atomic mass is 10.3. The fourth-order valence-corrected chi connectivity index (χ4v) is 1.84. The number of nitrogens with zero attached hydrogens (tertiary/aromatic N) is 1. The van der Waals surface area contributed by atoms with E-state index in [2.05, 4.69) is 0 Å². The van der Waals surface area contributed by atoms with Crippen LogP contribution in [0, 0.1) is 12.7 Å². The number of benzene rings is 1. The van der Waals surface area contributed by atoms with Gasteiger partial charge in [-0.15, -0.1) is 0 Å². The zero-order valence-corrected chi connectivity index (χ0v) is 12.1. The summed E-state index contributed by atoms with van der Waals surface area (Å²) in [6.07, 6.45) is 0.576. The summed E-state index contributed by atoms with van der Waals surface area (Å²) >= 11 is 0. The summed E-state index contributed by atoms with van der Waals surface area (Å²) in [5.41, 5.74) is 1.54. The second-order valence-electron chi connectivity index (χ2n) is 4.71. The number of rotatable bonds is 6. The molecule has 2 rings (SSSR count). The molecule has 0 aliphatic carbocycles. The lowest BCUT2D eigenvalue weighted by molar-refractivity contribution is 0.0474. The Morgan fingerprint density at radius 2 is 1.86 bits per heavy atom. The van der Waals surface area contributed by atoms with E-state index in [0.29, 0.717) is 24.5 Å². The molecule has 0 bridgehead atoms. The Morgan fingerprint density at radius 3 is 2.48 bits per heavy atom. The van der Waals surface area contributed by atoms with E-state index >= 15 is 0 Å². The predicted molar refractivity (Wildman–Crippen MR) is 76.9 cm³/mol. The first kappa shape index (κ1) is 15.1. The first-order valence-electron chi connectivity index (χ1n) is 6.76. The van der Waals surface area contributed by atoms with E-state index < -0.39 is 0 Å². The summed E-state index contributed by atoms with van der Waals surface area (Å²) in [7, 11) is 1.82. The van der Waals surface area contributed by atoms with Crippen molar-refractivity contribution >= 4 is 5.97 Å². The summed E-state index contributed by atoms with van der Waals surface area (Å²) in [6.45, 7) is 2.61. The minimum absolute atomic E-state index is 0.282. The molecule has 0 fully saturated rings. The topological polar surface area (TPSA) is 40.5 Å². The van der Waals surface area contributed by atoms with Crippen LogP contribution in [0.15, 0.2) is 36.4 Å². The highest BCUT2D eigenvalue weighted by atomic mass is 19.1. The molecule has 0 saturated heterocycles. The Bertz CT molecular complexity index is 604. The molecule has 1 aromatic heterocycles. The second-order valence-corrected chi connectivity index (χ2v) is 4.71. The van der Waals surface area contributed by atoms with E-state index in [-0.39, 0.29) is 18.4 Å². The number of carbonyl (C=O) groups excluding carboxylic acids is 1. The molecule has 0 atom stereocenters. The normalized spacial score (nSPS) is 10.4. The van der Waals surface area contributed by atoms with Crippen molar-refractivity contribution in [3.63, 3.8) is 0 Å². The lowest BCUT2D eigenvalue weighted by Gasteiger charge is -2.08. The van der Waals surface area contributed by atoms with Crippen LogP contribution in [0.2, 0.25) is 0 Å². The molecule has 4 nitrogen and oxygen atoms in total. The van der Waals surface area contributed by atoms with Gasteiger partial charge in [-0.2, -0.15) is 0 Å². The number of aromatic nitrogens is 1. The van der Waals surface area contributed by atoms with Crippen LogP contribution in [0.4, 0.5) is 4.39 Å². The summed E-state index contributed by atoms with van der Waals surface area (Å²) in [5.74, 6) is -0.0395. The number of aryl methyl sites for hydroxylation is 1. The van der Waals surface area contributed by atoms with Crippen LogP contribution < -0.4 is 4.74 Å². The molecule has 2 aromatic rings. The predicted octanol–water partition coefficient (Wildman–Crippen LogP) is 3.10. The molecule has 1 aromatic carbocycles. The molecule has 5 heteroatoms. The van der Waals surface area contributed by atoms with Gasteiger partial charge in [0.25, 0.3) is 0 Å². The monoisotopic (exact) mass is 291 g/mol. The van der Waals surface area contributed by atoms with Crippen molar-refractivity contribution in [1.29, 1.82) is 0 Å². The van der Waals surface area contributed by atoms with Gasteiger partial charge in [0.2, 0.25) is 0 Å². The van der Waals surface area contributed by atoms with Crippen molar-refractivity contribution in [2.24, 2.45) is 7.05 Å². The van der Waals surface area contributed by atoms with Crippen molar-refractivity contribution in [3.05, 3.63) is 53.6 Å². The third-order valence-electron chi connectivity index (χ3n) is 3.19. The van der Waals surface area contributed by atoms with Gasteiger partial charge in [0.15, 0.2) is 0 Å². The average molecular weight is 291 g/mol. The Labute approximate surface area is 123 Å². The Balaban J connectivity index is 1.69. The van der Waals surface area contributed by atoms with Crippen LogP contribution in [-0.2, 0) is 11.8 Å². The summed E-state index contributed by atoms with van der Waals surface area (Å²) < 4.78 is 25.1. The Kier molecular flexibility index (Phi) is 4.98. The van der Waals surface area contributed by atoms with Crippen molar-refractivity contribution in [2.45, 2.75) is 13.3 Å². The van der Waals surface area contributed by atoms with Crippen LogP contribution in [0.5, 0.6) is 5.75 Å². The maximum absolute atomic E-state index is 12.7. The van der Waals surface area contributed by atoms with Crippen LogP contribution in [-0.4, -0.2) is 23.8 Å². The highest BCUT2D eigenvalue weighted by molar-refractivity contribution is 5.87. The number of hydrogen-bond donors (Lipinski definition) is 0. The number of hydrogen-bond acceptors (Lipinski definition) is 3. The maximum Gasteiger partial charge on any atom is 0.354 e. The van der Waals surface area contributed by atoms with Crippen LogP contribution in [0.25, 0.3) is 0 Å². The molecule has 0 amide bonds. The molecular weight excluding hydrogens is 273 g/mol. The maximum atomic E-state index is 12.7. The Morgan fingerprint density at radius 1 is 1.14 bits per heavy atom. The van der Waals surface area contributed by atoms with E-state index in [4.69, 9.17) is 9.47 Å². The highest BCUT2D eigenvalue weighted by Gasteiger charge is 2.11. The summed E-state index contributed by atoms with van der Waals surface area (Å²) in [5, 5.41) is 0. The number of carbonyl (C=O) groups is 1. The van der Waals surface area contributed by atoms with Crippen LogP contribution in [0.1, 0.15) is 22.6 Å². The molecule has 0 saturated carbocycles. The zero-order valence-electron chi connectivity index (χ0n) is 12.1. The fourth-order valence-electron chi connectivity index (χ4n) is 1.84. The summed E-state index contributed by atoms with van der Waals surface area (Å²) in [4.78, 5) is 11.8. The Hall–Kier alpha value is -2.30. The van der Waals surface area contributed by atoms with Gasteiger partial charge in [0.05, 0.1) is 13.2 Å². The standard InChI is InChI=1S/C16H18FNO3/c1-12-4-9-15(18(12)2)16(19)21-11-3-10-20-14-7-5-13(17)6-8-14/h4-9H,3,10-11H2,1-2H3. The molecule has 0 aliphatic heterocycles. The third-order valence-corrected chi connectivity index (χ3v) is 3.19. The largest absolute Gasteiger partial charge is 0.493 e. The summed E-state index contributed by atoms with van der Waals surface area (Å²) in [6, 6.07) is 9.42. The van der Waals surface area contributed by atoms with Crippen molar-refractivity contribution in [3.8, 4) is 5.75 Å². The van der Waals surface area contributed by atoms with Gasteiger partial charge in [0.1, 0.15) is 17.3 Å². The third kappa shape index (κ3) is 4.08. The lowest BCUT2D eigenvalue weighted by Crippen LogP contribution is -2.12.